The Bertz CT molecular complexity index is 1490. The number of halogens is 1. The van der Waals surface area contributed by atoms with Gasteiger partial charge in [-0.15, -0.1) is 10.2 Å². The first-order valence-corrected chi connectivity index (χ1v) is 10.9. The Morgan fingerprint density at radius 2 is 1.62 bits per heavy atom. The Labute approximate surface area is 186 Å². The fraction of sp³-hybridized carbons (Fsp3) is 0.0833. The van der Waals surface area contributed by atoms with Crippen molar-refractivity contribution in [1.82, 2.24) is 19.2 Å². The molecule has 0 saturated carbocycles. The third kappa shape index (κ3) is 3.69. The lowest BCUT2D eigenvalue weighted by atomic mass is 10.1. The van der Waals surface area contributed by atoms with Crippen LogP contribution in [0.1, 0.15) is 15.9 Å². The topological polar surface area (TPSA) is 69.3 Å². The van der Waals surface area contributed by atoms with E-state index in [0.717, 1.165) is 5.56 Å². The zero-order valence-electron chi connectivity index (χ0n) is 16.8. The maximum absolute atomic E-state index is 13.2. The van der Waals surface area contributed by atoms with E-state index < -0.39 is 0 Å². The first-order chi connectivity index (χ1) is 15.6. The van der Waals surface area contributed by atoms with Gasteiger partial charge in [-0.1, -0.05) is 54.2 Å². The molecular weight excluding hydrogens is 427 g/mol. The average Bonchev–Trinajstić information content (AvgIpc) is 3.25. The molecule has 0 atom stereocenters. The van der Waals surface area contributed by atoms with E-state index in [0.29, 0.717) is 33.9 Å². The largest absolute Gasteiger partial charge is 0.293 e. The van der Waals surface area contributed by atoms with Gasteiger partial charge in [-0.2, -0.15) is 0 Å². The quantitative estimate of drug-likeness (QED) is 0.290. The highest BCUT2D eigenvalue weighted by atomic mass is 32.2. The molecule has 5 aromatic rings. The monoisotopic (exact) mass is 444 g/mol. The maximum Gasteiger partial charge on any atom is 0.263 e. The molecule has 0 aliphatic carbocycles. The van der Waals surface area contributed by atoms with Crippen LogP contribution in [0.15, 0.2) is 88.8 Å². The Kier molecular flexibility index (Phi) is 5.28. The minimum atomic E-state index is -0.388. The minimum absolute atomic E-state index is 0.110. The summed E-state index contributed by atoms with van der Waals surface area (Å²) in [5.41, 5.74) is 1.93. The van der Waals surface area contributed by atoms with Crippen LogP contribution in [0, 0.1) is 5.82 Å². The van der Waals surface area contributed by atoms with Crippen LogP contribution in [0.2, 0.25) is 0 Å². The number of thioether (sulfide) groups is 1. The predicted octanol–water partition coefficient (Wildman–Crippen LogP) is 4.21. The summed E-state index contributed by atoms with van der Waals surface area (Å²) in [6.45, 7) is 0.352. The van der Waals surface area contributed by atoms with Gasteiger partial charge in [0.2, 0.25) is 5.78 Å². The van der Waals surface area contributed by atoms with Gasteiger partial charge in [0.05, 0.1) is 23.2 Å². The lowest BCUT2D eigenvalue weighted by Crippen LogP contribution is -2.24. The number of ketones is 1. The van der Waals surface area contributed by atoms with E-state index in [1.54, 1.807) is 10.6 Å². The molecule has 3 aromatic carbocycles. The van der Waals surface area contributed by atoms with Gasteiger partial charge in [-0.25, -0.2) is 4.39 Å². The van der Waals surface area contributed by atoms with Crippen molar-refractivity contribution >= 4 is 34.2 Å². The molecule has 2 heterocycles. The molecule has 0 aliphatic heterocycles. The summed E-state index contributed by atoms with van der Waals surface area (Å²) in [6, 6.07) is 22.4. The molecule has 5 rings (SSSR count). The number of benzene rings is 3. The second kappa shape index (κ2) is 8.39. The highest BCUT2D eigenvalue weighted by molar-refractivity contribution is 7.99. The number of hydrogen-bond acceptors (Lipinski definition) is 5. The molecule has 0 aliphatic rings. The van der Waals surface area contributed by atoms with E-state index >= 15 is 0 Å². The summed E-state index contributed by atoms with van der Waals surface area (Å²) < 4.78 is 16.5. The van der Waals surface area contributed by atoms with Crippen molar-refractivity contribution in [3.05, 3.63) is 106 Å². The zero-order valence-corrected chi connectivity index (χ0v) is 17.6. The molecule has 32 heavy (non-hydrogen) atoms. The van der Waals surface area contributed by atoms with Gasteiger partial charge in [0.1, 0.15) is 5.82 Å². The smallest absolute Gasteiger partial charge is 0.263 e. The van der Waals surface area contributed by atoms with Crippen LogP contribution in [-0.2, 0) is 6.54 Å². The molecule has 0 spiro atoms. The Balaban J connectivity index is 1.57. The summed E-state index contributed by atoms with van der Waals surface area (Å²) in [5, 5.41) is 9.61. The van der Waals surface area contributed by atoms with Crippen molar-refractivity contribution in [1.29, 1.82) is 0 Å². The second-order valence-electron chi connectivity index (χ2n) is 7.23. The van der Waals surface area contributed by atoms with Crippen LogP contribution >= 0.6 is 11.8 Å². The summed E-state index contributed by atoms with van der Waals surface area (Å²) >= 11 is 1.23. The van der Waals surface area contributed by atoms with Crippen molar-refractivity contribution < 1.29 is 9.18 Å². The fourth-order valence-electron chi connectivity index (χ4n) is 3.58. The van der Waals surface area contributed by atoms with Crippen molar-refractivity contribution in [2.45, 2.75) is 11.7 Å². The molecule has 0 N–H and O–H groups in total. The summed E-state index contributed by atoms with van der Waals surface area (Å²) in [5.74, 6) is -0.0121. The molecule has 6 nitrogen and oxygen atoms in total. The normalized spacial score (nSPS) is 11.3. The number of Topliss-reactive ketones (excluding diaryl/α,β-unsaturated/α-hetero) is 1. The summed E-state index contributed by atoms with van der Waals surface area (Å²) in [7, 11) is 0. The fourth-order valence-corrected chi connectivity index (χ4v) is 4.42. The molecule has 0 bridgehead atoms. The number of fused-ring (bicyclic) bond motifs is 3. The molecule has 0 unspecified atom stereocenters. The standard InChI is InChI=1S/C24H17FN4O2S/c25-18-12-10-17(11-13-18)21(30)15-32-24-27-26-23-28(14-16-6-2-1-3-7-16)22(31)19-8-4-5-9-20(19)29(23)24/h1-13H,14-15H2. The van der Waals surface area contributed by atoms with Gasteiger partial charge in [0, 0.05) is 5.56 Å². The van der Waals surface area contributed by atoms with Crippen molar-refractivity contribution in [2.75, 3.05) is 5.75 Å². The van der Waals surface area contributed by atoms with Gasteiger partial charge in [-0.05, 0) is 42.0 Å². The number of rotatable bonds is 6. The van der Waals surface area contributed by atoms with Crippen LogP contribution in [-0.4, -0.2) is 30.7 Å². The SMILES string of the molecule is O=C(CSc1nnc2n(Cc3ccccc3)c(=O)c3ccccc3n12)c1ccc(F)cc1. The minimum Gasteiger partial charge on any atom is -0.293 e. The third-order valence-corrected chi connectivity index (χ3v) is 6.09. The van der Waals surface area contributed by atoms with Crippen molar-refractivity contribution in [2.24, 2.45) is 0 Å². The molecular formula is C24H17FN4O2S. The number of aromatic nitrogens is 4. The van der Waals surface area contributed by atoms with Gasteiger partial charge < -0.3 is 0 Å². The summed E-state index contributed by atoms with van der Waals surface area (Å²) in [6.07, 6.45) is 0. The molecule has 0 amide bonds. The van der Waals surface area contributed by atoms with E-state index in [9.17, 15) is 14.0 Å². The van der Waals surface area contributed by atoms with E-state index in [2.05, 4.69) is 10.2 Å². The molecule has 158 valence electrons. The highest BCUT2D eigenvalue weighted by Gasteiger charge is 2.18. The molecule has 0 saturated heterocycles. The lowest BCUT2D eigenvalue weighted by molar-refractivity contribution is 0.102. The van der Waals surface area contributed by atoms with Gasteiger partial charge in [0.25, 0.3) is 5.56 Å². The van der Waals surface area contributed by atoms with Gasteiger partial charge >= 0.3 is 0 Å². The zero-order chi connectivity index (χ0) is 22.1. The molecule has 0 fully saturated rings. The molecule has 0 radical (unpaired) electrons. The van der Waals surface area contributed by atoms with Crippen molar-refractivity contribution in [3.8, 4) is 0 Å². The van der Waals surface area contributed by atoms with Crippen LogP contribution in [0.4, 0.5) is 4.39 Å². The van der Waals surface area contributed by atoms with Gasteiger partial charge in [0.15, 0.2) is 10.9 Å². The predicted molar refractivity (Wildman–Crippen MR) is 122 cm³/mol. The average molecular weight is 444 g/mol. The molecule has 8 heteroatoms. The number of hydrogen-bond donors (Lipinski definition) is 0. The number of carbonyl (C=O) groups is 1. The highest BCUT2D eigenvalue weighted by Crippen LogP contribution is 2.23. The van der Waals surface area contributed by atoms with E-state index in [-0.39, 0.29) is 22.9 Å². The summed E-state index contributed by atoms with van der Waals surface area (Å²) in [4.78, 5) is 25.8. The van der Waals surface area contributed by atoms with E-state index in [1.165, 1.54) is 36.0 Å². The second-order valence-corrected chi connectivity index (χ2v) is 8.17. The van der Waals surface area contributed by atoms with Crippen molar-refractivity contribution in [3.63, 3.8) is 0 Å². The first kappa shape index (κ1) is 20.1. The van der Waals surface area contributed by atoms with E-state index in [1.807, 2.05) is 52.9 Å². The molecule has 2 aromatic heterocycles. The van der Waals surface area contributed by atoms with E-state index in [4.69, 9.17) is 0 Å². The maximum atomic E-state index is 13.2. The first-order valence-electron chi connectivity index (χ1n) is 9.94. The Hall–Kier alpha value is -3.78. The third-order valence-electron chi connectivity index (χ3n) is 5.16. The van der Waals surface area contributed by atoms with Crippen LogP contribution in [0.5, 0.6) is 0 Å². The van der Waals surface area contributed by atoms with Crippen LogP contribution in [0.25, 0.3) is 16.7 Å². The lowest BCUT2D eigenvalue weighted by Gasteiger charge is -2.11. The Morgan fingerprint density at radius 1 is 0.906 bits per heavy atom. The van der Waals surface area contributed by atoms with Crippen LogP contribution in [0.3, 0.4) is 0 Å². The van der Waals surface area contributed by atoms with Gasteiger partial charge in [-0.3, -0.25) is 18.6 Å². The number of carbonyl (C=O) groups excluding carboxylic acids is 1. The number of para-hydroxylation sites is 1. The Morgan fingerprint density at radius 3 is 2.41 bits per heavy atom. The van der Waals surface area contributed by atoms with Crippen LogP contribution < -0.4 is 5.56 Å². The number of nitrogens with zero attached hydrogens (tertiary/aromatic N) is 4.